The number of urea groups is 1. The Kier molecular flexibility index (Phi) is 5.00. The van der Waals surface area contributed by atoms with Crippen LogP contribution in [0.1, 0.15) is 43.0 Å². The predicted molar refractivity (Wildman–Crippen MR) is 110 cm³/mol. The van der Waals surface area contributed by atoms with Gasteiger partial charge in [-0.05, 0) is 37.5 Å². The molecule has 2 heterocycles. The van der Waals surface area contributed by atoms with Gasteiger partial charge in [0.25, 0.3) is 0 Å². The molecule has 156 valence electrons. The number of nitrogens with zero attached hydrogens (tertiary/aromatic N) is 1. The smallest absolute Gasteiger partial charge is 0.319 e. The molecule has 1 fully saturated rings. The molecule has 0 saturated heterocycles. The summed E-state index contributed by atoms with van der Waals surface area (Å²) in [5.74, 6) is 1.25. The van der Waals surface area contributed by atoms with Crippen LogP contribution < -0.4 is 15.4 Å². The topological polar surface area (TPSA) is 88.3 Å². The summed E-state index contributed by atoms with van der Waals surface area (Å²) in [7, 11) is 0. The number of halogens is 1. The van der Waals surface area contributed by atoms with Gasteiger partial charge in [-0.25, -0.2) is 14.2 Å². The van der Waals surface area contributed by atoms with Crippen molar-refractivity contribution in [2.24, 2.45) is 0 Å². The number of ether oxygens (including phenoxy) is 2. The number of nitrogens with one attached hydrogen (secondary N) is 3. The zero-order valence-electron chi connectivity index (χ0n) is 16.4. The summed E-state index contributed by atoms with van der Waals surface area (Å²) in [6.07, 6.45) is 3.74. The number of carbonyl (C=O) groups excluding carboxylic acids is 1. The molecule has 1 aliphatic carbocycles. The van der Waals surface area contributed by atoms with Crippen LogP contribution in [-0.2, 0) is 11.3 Å². The third kappa shape index (κ3) is 3.82. The molecular formula is C22H23FN4O3. The van der Waals surface area contributed by atoms with E-state index in [9.17, 15) is 9.18 Å². The molecule has 5 rings (SSSR count). The van der Waals surface area contributed by atoms with Gasteiger partial charge in [-0.3, -0.25) is 0 Å². The van der Waals surface area contributed by atoms with Crippen LogP contribution in [0.4, 0.5) is 14.9 Å². The minimum Gasteiger partial charge on any atom is -0.465 e. The number of H-pyrrole nitrogens is 1. The Morgan fingerprint density at radius 1 is 1.23 bits per heavy atom. The van der Waals surface area contributed by atoms with Gasteiger partial charge in [0.15, 0.2) is 12.5 Å². The SMILES string of the molecule is O=C(Nc1cc(F)cc2c1OCOC2)NC1CCCC(c2nc3ccccc3[nH]2)C1. The molecule has 2 amide bonds. The highest BCUT2D eigenvalue weighted by Gasteiger charge is 2.27. The van der Waals surface area contributed by atoms with E-state index < -0.39 is 5.82 Å². The average molecular weight is 410 g/mol. The minimum absolute atomic E-state index is 0.0191. The van der Waals surface area contributed by atoms with E-state index >= 15 is 0 Å². The minimum atomic E-state index is -0.444. The summed E-state index contributed by atoms with van der Waals surface area (Å²) in [6, 6.07) is 10.3. The third-order valence-corrected chi connectivity index (χ3v) is 5.73. The second-order valence-electron chi connectivity index (χ2n) is 7.85. The van der Waals surface area contributed by atoms with Crippen molar-refractivity contribution in [2.45, 2.75) is 44.2 Å². The van der Waals surface area contributed by atoms with E-state index in [1.54, 1.807) is 0 Å². The molecule has 3 N–H and O–H groups in total. The Labute approximate surface area is 173 Å². The normalized spacial score (nSPS) is 21.0. The van der Waals surface area contributed by atoms with Crippen molar-refractivity contribution in [3.8, 4) is 5.75 Å². The van der Waals surface area contributed by atoms with Crippen molar-refractivity contribution in [3.05, 3.63) is 53.6 Å². The van der Waals surface area contributed by atoms with Crippen LogP contribution in [0, 0.1) is 5.82 Å². The second-order valence-corrected chi connectivity index (χ2v) is 7.85. The van der Waals surface area contributed by atoms with Gasteiger partial charge in [-0.2, -0.15) is 0 Å². The predicted octanol–water partition coefficient (Wildman–Crippen LogP) is 4.42. The van der Waals surface area contributed by atoms with Gasteiger partial charge in [0.2, 0.25) is 0 Å². The first-order valence-corrected chi connectivity index (χ1v) is 10.2. The summed E-state index contributed by atoms with van der Waals surface area (Å²) in [5.41, 5.74) is 2.88. The number of hydrogen-bond donors (Lipinski definition) is 3. The number of carbonyl (C=O) groups is 1. The molecule has 2 aliphatic rings. The van der Waals surface area contributed by atoms with Gasteiger partial charge in [-0.15, -0.1) is 0 Å². The number of fused-ring (bicyclic) bond motifs is 2. The van der Waals surface area contributed by atoms with Gasteiger partial charge < -0.3 is 25.1 Å². The standard InChI is InChI=1S/C22H23FN4O3/c23-15-8-14-11-29-12-30-20(14)19(10-15)27-22(28)24-16-5-3-4-13(9-16)21-25-17-6-1-2-7-18(17)26-21/h1-2,6-8,10,13,16H,3-5,9,11-12H2,(H,25,26)(H2,24,27,28). The monoisotopic (exact) mass is 410 g/mol. The van der Waals surface area contributed by atoms with Crippen molar-refractivity contribution < 1.29 is 18.7 Å². The first-order valence-electron chi connectivity index (χ1n) is 10.2. The summed E-state index contributed by atoms with van der Waals surface area (Å²) in [4.78, 5) is 20.7. The van der Waals surface area contributed by atoms with Crippen LogP contribution in [-0.4, -0.2) is 28.8 Å². The van der Waals surface area contributed by atoms with Crippen LogP contribution >= 0.6 is 0 Å². The van der Waals surface area contributed by atoms with E-state index in [1.165, 1.54) is 12.1 Å². The number of aromatic nitrogens is 2. The maximum absolute atomic E-state index is 13.9. The molecule has 30 heavy (non-hydrogen) atoms. The van der Waals surface area contributed by atoms with E-state index in [0.29, 0.717) is 17.0 Å². The molecule has 3 aromatic rings. The number of para-hydroxylation sites is 2. The van der Waals surface area contributed by atoms with Crippen LogP contribution in [0.15, 0.2) is 36.4 Å². The number of anilines is 1. The van der Waals surface area contributed by atoms with E-state index in [4.69, 9.17) is 14.5 Å². The Hall–Kier alpha value is -3.13. The van der Waals surface area contributed by atoms with Crippen LogP contribution in [0.25, 0.3) is 11.0 Å². The molecule has 1 saturated carbocycles. The summed E-state index contributed by atoms with van der Waals surface area (Å²) < 4.78 is 24.5. The molecule has 0 bridgehead atoms. The lowest BCUT2D eigenvalue weighted by Gasteiger charge is -2.29. The highest BCUT2D eigenvalue weighted by molar-refractivity contribution is 5.91. The molecule has 1 aromatic heterocycles. The third-order valence-electron chi connectivity index (χ3n) is 5.73. The van der Waals surface area contributed by atoms with E-state index in [2.05, 4.69) is 15.6 Å². The van der Waals surface area contributed by atoms with Crippen molar-refractivity contribution in [1.29, 1.82) is 0 Å². The molecule has 2 atom stereocenters. The maximum atomic E-state index is 13.9. The fourth-order valence-electron chi connectivity index (χ4n) is 4.35. The van der Waals surface area contributed by atoms with Gasteiger partial charge in [0.05, 0.1) is 23.3 Å². The zero-order valence-corrected chi connectivity index (χ0v) is 16.4. The Morgan fingerprint density at radius 2 is 2.13 bits per heavy atom. The Morgan fingerprint density at radius 3 is 3.03 bits per heavy atom. The first-order chi connectivity index (χ1) is 14.7. The van der Waals surface area contributed by atoms with Crippen LogP contribution in [0.3, 0.4) is 0 Å². The quantitative estimate of drug-likeness (QED) is 0.597. The average Bonchev–Trinajstić information content (AvgIpc) is 3.18. The van der Waals surface area contributed by atoms with Gasteiger partial charge >= 0.3 is 6.03 Å². The van der Waals surface area contributed by atoms with E-state index in [-0.39, 0.29) is 31.4 Å². The molecule has 7 nitrogen and oxygen atoms in total. The highest BCUT2D eigenvalue weighted by Crippen LogP contribution is 2.34. The Bertz CT molecular complexity index is 1050. The van der Waals surface area contributed by atoms with Gasteiger partial charge in [0.1, 0.15) is 11.6 Å². The molecular weight excluding hydrogens is 387 g/mol. The largest absolute Gasteiger partial charge is 0.465 e. The number of imidazole rings is 1. The first kappa shape index (κ1) is 18.9. The van der Waals surface area contributed by atoms with Gasteiger partial charge in [-0.1, -0.05) is 18.6 Å². The number of benzene rings is 2. The number of rotatable bonds is 3. The lowest BCUT2D eigenvalue weighted by molar-refractivity contribution is -0.0160. The fourth-order valence-corrected chi connectivity index (χ4v) is 4.35. The number of hydrogen-bond acceptors (Lipinski definition) is 4. The maximum Gasteiger partial charge on any atom is 0.319 e. The van der Waals surface area contributed by atoms with Crippen LogP contribution in [0.5, 0.6) is 5.75 Å². The van der Waals surface area contributed by atoms with Crippen molar-refractivity contribution in [1.82, 2.24) is 15.3 Å². The highest BCUT2D eigenvalue weighted by atomic mass is 19.1. The second kappa shape index (κ2) is 7.95. The zero-order chi connectivity index (χ0) is 20.5. The lowest BCUT2D eigenvalue weighted by atomic mass is 9.85. The number of amides is 2. The molecule has 0 radical (unpaired) electrons. The van der Waals surface area contributed by atoms with E-state index in [1.807, 2.05) is 24.3 Å². The molecule has 8 heteroatoms. The van der Waals surface area contributed by atoms with Crippen molar-refractivity contribution in [2.75, 3.05) is 12.1 Å². The molecule has 2 unspecified atom stereocenters. The van der Waals surface area contributed by atoms with Crippen molar-refractivity contribution in [3.63, 3.8) is 0 Å². The van der Waals surface area contributed by atoms with Crippen LogP contribution in [0.2, 0.25) is 0 Å². The summed E-state index contributed by atoms with van der Waals surface area (Å²) >= 11 is 0. The molecule has 2 aromatic carbocycles. The fraction of sp³-hybridized carbons (Fsp3) is 0.364. The van der Waals surface area contributed by atoms with E-state index in [0.717, 1.165) is 42.5 Å². The molecule has 0 spiro atoms. The molecule has 1 aliphatic heterocycles. The Balaban J connectivity index is 1.26. The number of aromatic amines is 1. The lowest BCUT2D eigenvalue weighted by Crippen LogP contribution is -2.40. The van der Waals surface area contributed by atoms with Crippen molar-refractivity contribution >= 4 is 22.8 Å². The summed E-state index contributed by atoms with van der Waals surface area (Å²) in [6.45, 7) is 0.335. The summed E-state index contributed by atoms with van der Waals surface area (Å²) in [5, 5.41) is 5.77. The van der Waals surface area contributed by atoms with Gasteiger partial charge in [0, 0.05) is 23.6 Å².